The van der Waals surface area contributed by atoms with Gasteiger partial charge in [-0.1, -0.05) is 50.1 Å². The number of phenolic OH excluding ortho intramolecular Hbond substituents is 2. The number of nitrogens with two attached hydrogens (primary N) is 2. The first-order chi connectivity index (χ1) is 28.5. The lowest BCUT2D eigenvalue weighted by atomic mass is 9.44. The highest BCUT2D eigenvalue weighted by Crippen LogP contribution is 2.70. The molecule has 8 atom stereocenters. The van der Waals surface area contributed by atoms with Gasteiger partial charge >= 0.3 is 5.97 Å². The minimum Gasteiger partial charge on any atom is -0.508 e. The number of ether oxygens (including phenoxy) is 2. The van der Waals surface area contributed by atoms with Crippen LogP contribution in [-0.4, -0.2) is 80.1 Å². The zero-order chi connectivity index (χ0) is 43.4. The predicted molar refractivity (Wildman–Crippen MR) is 220 cm³/mol. The number of benzene rings is 3. The van der Waals surface area contributed by atoms with E-state index < -0.39 is 64.0 Å². The van der Waals surface area contributed by atoms with Gasteiger partial charge in [0.1, 0.15) is 35.2 Å². The second-order valence-electron chi connectivity index (χ2n) is 17.5. The summed E-state index contributed by atoms with van der Waals surface area (Å²) < 4.78 is 28.6. The molecule has 0 radical (unpaired) electrons. The summed E-state index contributed by atoms with van der Waals surface area (Å²) in [5.74, 6) is -1.71. The summed E-state index contributed by atoms with van der Waals surface area (Å²) in [5, 5.41) is 51.6. The van der Waals surface area contributed by atoms with Crippen LogP contribution in [0.2, 0.25) is 0 Å². The minimum atomic E-state index is -1.98. The summed E-state index contributed by atoms with van der Waals surface area (Å²) in [6.45, 7) is 6.09. The number of esters is 1. The molecule has 0 bridgehead atoms. The molecule has 3 fully saturated rings. The maximum Gasteiger partial charge on any atom is 0.340 e. The zero-order valence-electron chi connectivity index (χ0n) is 34.2. The lowest BCUT2D eigenvalue weighted by Crippen LogP contribution is -2.69. The normalized spacial score (nSPS) is 32.2. The van der Waals surface area contributed by atoms with Gasteiger partial charge in [-0.25, -0.2) is 9.18 Å². The number of allylic oxidation sites excluding steroid dienone is 4. The number of hydrogen-bond acceptors (Lipinski definition) is 12. The zero-order valence-corrected chi connectivity index (χ0v) is 34.2. The van der Waals surface area contributed by atoms with E-state index in [0.29, 0.717) is 58.6 Å². The van der Waals surface area contributed by atoms with Gasteiger partial charge < -0.3 is 46.5 Å². The van der Waals surface area contributed by atoms with Crippen LogP contribution >= 0.6 is 0 Å². The Balaban J connectivity index is 0.000000158. The first-order valence-electron chi connectivity index (χ1n) is 20.7. The van der Waals surface area contributed by atoms with Crippen molar-refractivity contribution in [1.29, 1.82) is 0 Å². The summed E-state index contributed by atoms with van der Waals surface area (Å²) in [6, 6.07) is 16.6. The average molecular weight is 827 g/mol. The lowest BCUT2D eigenvalue weighted by Gasteiger charge is -2.62. The third-order valence-electron chi connectivity index (χ3n) is 14.4. The number of halogens is 1. The van der Waals surface area contributed by atoms with Crippen molar-refractivity contribution in [1.82, 2.24) is 0 Å². The monoisotopic (exact) mass is 826 g/mol. The Bertz CT molecular complexity index is 2200. The molecule has 0 aromatic heterocycles. The van der Waals surface area contributed by atoms with Crippen molar-refractivity contribution in [3.05, 3.63) is 107 Å². The van der Waals surface area contributed by atoms with Crippen LogP contribution in [0.3, 0.4) is 0 Å². The SMILES string of the molecule is C[C@@H]1C[C@H]2[C@@H]3CCC4=CC(=O)C=C[C@]4(C)[C@@]3(F)[C@@H](O)C[C@]2(C)[C@@]1(O)C(=O)CO.NCCCCCN.O=C1OC2(c3ccc(O)cc3Oc3cc(O)ccc32)c2ccccc21. The maximum atomic E-state index is 16.9. The molecule has 13 heteroatoms. The van der Waals surface area contributed by atoms with Crippen molar-refractivity contribution >= 4 is 17.5 Å². The van der Waals surface area contributed by atoms with Crippen molar-refractivity contribution in [3.8, 4) is 23.0 Å². The number of carbonyl (C=O) groups excluding carboxylic acids is 3. The van der Waals surface area contributed by atoms with E-state index in [1.807, 2.05) is 12.1 Å². The molecule has 2 aliphatic heterocycles. The van der Waals surface area contributed by atoms with Gasteiger partial charge in [-0.3, -0.25) is 9.59 Å². The number of carbonyl (C=O) groups is 3. The van der Waals surface area contributed by atoms with Crippen molar-refractivity contribution in [2.45, 2.75) is 88.7 Å². The number of fused-ring (bicyclic) bond motifs is 11. The number of aliphatic hydroxyl groups excluding tert-OH is 2. The number of hydrogen-bond donors (Lipinski definition) is 7. The molecular formula is C47H55FN2O10. The number of Topliss-reactive ketones (excluding diaryl/α,β-unsaturated/α-hetero) is 1. The standard InChI is InChI=1S/C22H29FO5.C20H12O5.C5H14N2/c1-12-8-16-15-5-4-13-9-14(25)6-7-19(13,2)21(15,23)17(26)10-20(16,3)22(12,28)18(27)11-24;21-11-5-7-15-17(9-11)24-18-10-12(22)6-8-16(18)20(15)14-4-2-1-3-13(14)19(23)25-20;6-4-2-1-3-5-7/h6-7,9,12,15-17,24,26,28H,4-5,8,10-11H2,1-3H3;1-10,21-22H;1-7H2/t12-,15+,16+,17+,19+,20+,21+,22+;;/m1../s1. The third-order valence-corrected chi connectivity index (χ3v) is 14.4. The number of alkyl halides is 1. The lowest BCUT2D eigenvalue weighted by molar-refractivity contribution is -0.219. The van der Waals surface area contributed by atoms with Crippen LogP contribution in [0.25, 0.3) is 0 Å². The molecule has 3 aromatic rings. The summed E-state index contributed by atoms with van der Waals surface area (Å²) in [5.41, 5.74) is 6.57. The van der Waals surface area contributed by atoms with Crippen LogP contribution in [-0.2, 0) is 19.9 Å². The fraction of sp³-hybridized carbons (Fsp3) is 0.468. The number of aliphatic hydroxyl groups is 3. The Morgan fingerprint density at radius 2 is 1.52 bits per heavy atom. The van der Waals surface area contributed by atoms with Crippen LogP contribution in [0.15, 0.2) is 84.5 Å². The highest BCUT2D eigenvalue weighted by Gasteiger charge is 2.75. The van der Waals surface area contributed by atoms with Gasteiger partial charge in [-0.05, 0) is 113 Å². The van der Waals surface area contributed by atoms with Gasteiger partial charge in [0.05, 0.1) is 11.7 Å². The molecule has 320 valence electrons. The number of rotatable bonds is 6. The molecule has 9 N–H and O–H groups in total. The quantitative estimate of drug-likeness (QED) is 0.119. The summed E-state index contributed by atoms with van der Waals surface area (Å²) >= 11 is 0. The van der Waals surface area contributed by atoms with Crippen LogP contribution in [0.1, 0.15) is 92.8 Å². The van der Waals surface area contributed by atoms with Crippen LogP contribution in [0, 0.1) is 28.6 Å². The number of ketones is 2. The van der Waals surface area contributed by atoms with Gasteiger partial charge in [0.25, 0.3) is 0 Å². The van der Waals surface area contributed by atoms with E-state index in [1.165, 1.54) is 42.8 Å². The Kier molecular flexibility index (Phi) is 11.4. The maximum absolute atomic E-state index is 16.9. The molecule has 9 rings (SSSR count). The van der Waals surface area contributed by atoms with E-state index in [4.69, 9.17) is 20.9 Å². The van der Waals surface area contributed by atoms with Crippen molar-refractivity contribution in [2.24, 2.45) is 40.1 Å². The molecule has 6 aliphatic rings. The first kappa shape index (κ1) is 43.2. The second-order valence-corrected chi connectivity index (χ2v) is 17.5. The molecule has 60 heavy (non-hydrogen) atoms. The summed E-state index contributed by atoms with van der Waals surface area (Å²) in [6.07, 6.45) is 7.87. The first-order valence-corrected chi connectivity index (χ1v) is 20.7. The molecule has 0 amide bonds. The van der Waals surface area contributed by atoms with Gasteiger partial charge in [0.2, 0.25) is 0 Å². The van der Waals surface area contributed by atoms with E-state index in [-0.39, 0.29) is 29.6 Å². The average Bonchev–Trinajstić information content (AvgIpc) is 3.62. The van der Waals surface area contributed by atoms with Gasteiger partial charge in [-0.2, -0.15) is 0 Å². The van der Waals surface area contributed by atoms with Crippen LogP contribution in [0.5, 0.6) is 23.0 Å². The third kappa shape index (κ3) is 6.31. The van der Waals surface area contributed by atoms with Gasteiger partial charge in [0, 0.05) is 45.6 Å². The fourth-order valence-electron chi connectivity index (χ4n) is 11.4. The van der Waals surface area contributed by atoms with Gasteiger partial charge in [-0.15, -0.1) is 0 Å². The van der Waals surface area contributed by atoms with Crippen LogP contribution in [0.4, 0.5) is 4.39 Å². The number of phenols is 2. The Hall–Kier alpha value is -4.92. The molecular weight excluding hydrogens is 772 g/mol. The Labute approximate surface area is 348 Å². The molecule has 12 nitrogen and oxygen atoms in total. The Morgan fingerprint density at radius 3 is 2.12 bits per heavy atom. The minimum absolute atomic E-state index is 0.0371. The molecule has 3 aromatic carbocycles. The molecule has 3 saturated carbocycles. The molecule has 1 spiro atoms. The largest absolute Gasteiger partial charge is 0.508 e. The van der Waals surface area contributed by atoms with Gasteiger partial charge in [0.15, 0.2) is 22.8 Å². The second kappa shape index (κ2) is 15.8. The Morgan fingerprint density at radius 1 is 0.900 bits per heavy atom. The topological polar surface area (TPSA) is 223 Å². The number of unbranched alkanes of at least 4 members (excludes halogenated alkanes) is 2. The van der Waals surface area contributed by atoms with E-state index in [0.717, 1.165) is 25.9 Å². The van der Waals surface area contributed by atoms with E-state index in [1.54, 1.807) is 51.1 Å². The summed E-state index contributed by atoms with van der Waals surface area (Å²) in [4.78, 5) is 36.9. The van der Waals surface area contributed by atoms with Crippen molar-refractivity contribution in [3.63, 3.8) is 0 Å². The highest BCUT2D eigenvalue weighted by molar-refractivity contribution is 6.01. The molecule has 4 aliphatic carbocycles. The van der Waals surface area contributed by atoms with E-state index in [9.17, 15) is 39.9 Å². The molecule has 0 saturated heterocycles. The fourth-order valence-corrected chi connectivity index (χ4v) is 11.4. The molecule has 2 heterocycles. The van der Waals surface area contributed by atoms with Crippen molar-refractivity contribution in [2.75, 3.05) is 19.7 Å². The van der Waals surface area contributed by atoms with E-state index >= 15 is 4.39 Å². The number of aromatic hydroxyl groups is 2. The van der Waals surface area contributed by atoms with E-state index in [2.05, 4.69) is 0 Å². The highest BCUT2D eigenvalue weighted by atomic mass is 19.1. The predicted octanol–water partition coefficient (Wildman–Crippen LogP) is 5.64. The molecule has 0 unspecified atom stereocenters. The van der Waals surface area contributed by atoms with Crippen LogP contribution < -0.4 is 16.2 Å². The van der Waals surface area contributed by atoms with Crippen molar-refractivity contribution < 1.29 is 53.8 Å². The smallest absolute Gasteiger partial charge is 0.340 e. The summed E-state index contributed by atoms with van der Waals surface area (Å²) in [7, 11) is 0.